The van der Waals surface area contributed by atoms with Gasteiger partial charge in [0.05, 0.1) is 5.60 Å². The SMILES string of the molecule is CC(C)[C@]1(O)CCCC[C@@H]1N. The van der Waals surface area contributed by atoms with Crippen LogP contribution >= 0.6 is 0 Å². The lowest BCUT2D eigenvalue weighted by Gasteiger charge is -2.41. The molecule has 0 spiro atoms. The predicted octanol–water partition coefficient (Wildman–Crippen LogP) is 1.27. The maximum atomic E-state index is 10.1. The zero-order chi connectivity index (χ0) is 8.48. The van der Waals surface area contributed by atoms with Crippen LogP contribution in [-0.4, -0.2) is 16.7 Å². The largest absolute Gasteiger partial charge is 0.388 e. The Hall–Kier alpha value is -0.0800. The second kappa shape index (κ2) is 3.11. The monoisotopic (exact) mass is 157 g/mol. The zero-order valence-corrected chi connectivity index (χ0v) is 7.51. The van der Waals surface area contributed by atoms with Crippen molar-refractivity contribution in [3.63, 3.8) is 0 Å². The van der Waals surface area contributed by atoms with Crippen LogP contribution in [0, 0.1) is 5.92 Å². The van der Waals surface area contributed by atoms with Crippen LogP contribution in [-0.2, 0) is 0 Å². The molecule has 1 rings (SSSR count). The molecule has 0 unspecified atom stereocenters. The van der Waals surface area contributed by atoms with Crippen molar-refractivity contribution in [2.24, 2.45) is 11.7 Å². The summed E-state index contributed by atoms with van der Waals surface area (Å²) >= 11 is 0. The van der Waals surface area contributed by atoms with Crippen molar-refractivity contribution in [2.45, 2.75) is 51.2 Å². The van der Waals surface area contributed by atoms with E-state index >= 15 is 0 Å². The molecule has 0 aromatic carbocycles. The summed E-state index contributed by atoms with van der Waals surface area (Å²) in [4.78, 5) is 0. The Morgan fingerprint density at radius 1 is 1.45 bits per heavy atom. The topological polar surface area (TPSA) is 46.2 Å². The van der Waals surface area contributed by atoms with Gasteiger partial charge in [-0.25, -0.2) is 0 Å². The van der Waals surface area contributed by atoms with Crippen LogP contribution in [0.3, 0.4) is 0 Å². The average Bonchev–Trinajstić information content (AvgIpc) is 1.95. The molecule has 11 heavy (non-hydrogen) atoms. The molecule has 0 amide bonds. The molecule has 3 N–H and O–H groups in total. The van der Waals surface area contributed by atoms with E-state index in [0.29, 0.717) is 0 Å². The lowest BCUT2D eigenvalue weighted by Crippen LogP contribution is -2.53. The molecule has 1 aliphatic carbocycles. The lowest BCUT2D eigenvalue weighted by atomic mass is 9.74. The molecule has 1 fully saturated rings. The minimum Gasteiger partial charge on any atom is -0.388 e. The van der Waals surface area contributed by atoms with Gasteiger partial charge in [-0.3, -0.25) is 0 Å². The molecule has 0 aliphatic heterocycles. The summed E-state index contributed by atoms with van der Waals surface area (Å²) in [6, 6.07) is -0.00347. The highest BCUT2D eigenvalue weighted by Crippen LogP contribution is 2.33. The number of nitrogens with two attached hydrogens (primary N) is 1. The van der Waals surface area contributed by atoms with Gasteiger partial charge in [-0.1, -0.05) is 26.7 Å². The molecule has 2 atom stereocenters. The summed E-state index contributed by atoms with van der Waals surface area (Å²) in [7, 11) is 0. The summed E-state index contributed by atoms with van der Waals surface area (Å²) < 4.78 is 0. The van der Waals surface area contributed by atoms with Crippen LogP contribution in [0.1, 0.15) is 39.5 Å². The number of aliphatic hydroxyl groups is 1. The van der Waals surface area contributed by atoms with Gasteiger partial charge in [-0.2, -0.15) is 0 Å². The van der Waals surface area contributed by atoms with Gasteiger partial charge in [0.15, 0.2) is 0 Å². The fraction of sp³-hybridized carbons (Fsp3) is 1.00. The van der Waals surface area contributed by atoms with Crippen LogP contribution in [0.5, 0.6) is 0 Å². The maximum Gasteiger partial charge on any atom is 0.0820 e. The maximum absolute atomic E-state index is 10.1. The highest BCUT2D eigenvalue weighted by Gasteiger charge is 2.38. The molecule has 66 valence electrons. The molecule has 0 radical (unpaired) electrons. The van der Waals surface area contributed by atoms with Gasteiger partial charge in [0, 0.05) is 6.04 Å². The number of rotatable bonds is 1. The Kier molecular flexibility index (Phi) is 2.55. The first-order valence-corrected chi connectivity index (χ1v) is 4.55. The van der Waals surface area contributed by atoms with E-state index in [1.807, 2.05) is 13.8 Å². The summed E-state index contributed by atoms with van der Waals surface area (Å²) in [5, 5.41) is 10.1. The average molecular weight is 157 g/mol. The van der Waals surface area contributed by atoms with Crippen LogP contribution in [0.2, 0.25) is 0 Å². The fourth-order valence-electron chi connectivity index (χ4n) is 1.92. The molecule has 0 aromatic heterocycles. The van der Waals surface area contributed by atoms with E-state index in [4.69, 9.17) is 5.73 Å². The Balaban J connectivity index is 2.64. The first-order chi connectivity index (χ1) is 5.07. The molecule has 1 aliphatic rings. The van der Waals surface area contributed by atoms with Crippen molar-refractivity contribution in [2.75, 3.05) is 0 Å². The summed E-state index contributed by atoms with van der Waals surface area (Å²) in [6.45, 7) is 4.09. The predicted molar refractivity (Wildman–Crippen MR) is 46.2 cm³/mol. The van der Waals surface area contributed by atoms with Crippen LogP contribution < -0.4 is 5.73 Å². The van der Waals surface area contributed by atoms with Crippen molar-refractivity contribution in [3.8, 4) is 0 Å². The van der Waals surface area contributed by atoms with Crippen molar-refractivity contribution in [1.82, 2.24) is 0 Å². The fourth-order valence-corrected chi connectivity index (χ4v) is 1.92. The highest BCUT2D eigenvalue weighted by atomic mass is 16.3. The summed E-state index contributed by atoms with van der Waals surface area (Å²) in [5.74, 6) is 0.290. The van der Waals surface area contributed by atoms with Crippen LogP contribution in [0.4, 0.5) is 0 Å². The van der Waals surface area contributed by atoms with Gasteiger partial charge in [-0.05, 0) is 18.8 Å². The molecular formula is C9H19NO. The smallest absolute Gasteiger partial charge is 0.0820 e. The minimum absolute atomic E-state index is 0.00347. The van der Waals surface area contributed by atoms with E-state index < -0.39 is 5.60 Å². The quantitative estimate of drug-likeness (QED) is 0.602. The summed E-state index contributed by atoms with van der Waals surface area (Å²) in [6.07, 6.45) is 4.17. The van der Waals surface area contributed by atoms with Gasteiger partial charge in [0.25, 0.3) is 0 Å². The molecule has 0 aromatic rings. The van der Waals surface area contributed by atoms with E-state index in [1.165, 1.54) is 6.42 Å². The zero-order valence-electron chi connectivity index (χ0n) is 7.51. The number of hydrogen-bond donors (Lipinski definition) is 2. The third-order valence-electron chi connectivity index (χ3n) is 2.98. The van der Waals surface area contributed by atoms with Gasteiger partial charge in [0.2, 0.25) is 0 Å². The van der Waals surface area contributed by atoms with Crippen molar-refractivity contribution in [1.29, 1.82) is 0 Å². The Labute approximate surface area is 68.8 Å². The molecule has 2 heteroatoms. The normalized spacial score (nSPS) is 39.5. The van der Waals surface area contributed by atoms with E-state index in [1.54, 1.807) is 0 Å². The van der Waals surface area contributed by atoms with Crippen molar-refractivity contribution in [3.05, 3.63) is 0 Å². The first kappa shape index (κ1) is 9.01. The van der Waals surface area contributed by atoms with Crippen LogP contribution in [0.25, 0.3) is 0 Å². The molecule has 0 heterocycles. The van der Waals surface area contributed by atoms with E-state index in [0.717, 1.165) is 19.3 Å². The van der Waals surface area contributed by atoms with Gasteiger partial charge >= 0.3 is 0 Å². The highest BCUT2D eigenvalue weighted by molar-refractivity contribution is 4.94. The Morgan fingerprint density at radius 3 is 2.45 bits per heavy atom. The van der Waals surface area contributed by atoms with Gasteiger partial charge in [0.1, 0.15) is 0 Å². The van der Waals surface area contributed by atoms with Gasteiger partial charge < -0.3 is 10.8 Å². The third-order valence-corrected chi connectivity index (χ3v) is 2.98. The Morgan fingerprint density at radius 2 is 2.09 bits per heavy atom. The molecule has 1 saturated carbocycles. The van der Waals surface area contributed by atoms with Crippen molar-refractivity contribution >= 4 is 0 Å². The van der Waals surface area contributed by atoms with E-state index in [9.17, 15) is 5.11 Å². The summed E-state index contributed by atoms with van der Waals surface area (Å²) in [5.41, 5.74) is 5.28. The lowest BCUT2D eigenvalue weighted by molar-refractivity contribution is -0.0531. The molecule has 2 nitrogen and oxygen atoms in total. The molecular weight excluding hydrogens is 138 g/mol. The Bertz CT molecular complexity index is 136. The van der Waals surface area contributed by atoms with E-state index in [2.05, 4.69) is 0 Å². The standard InChI is InChI=1S/C9H19NO/c1-7(2)9(11)6-4-3-5-8(9)10/h7-8,11H,3-6,10H2,1-2H3/t8-,9+/m0/s1. The van der Waals surface area contributed by atoms with Crippen LogP contribution in [0.15, 0.2) is 0 Å². The van der Waals surface area contributed by atoms with E-state index in [-0.39, 0.29) is 12.0 Å². The second-order valence-electron chi connectivity index (χ2n) is 4.00. The van der Waals surface area contributed by atoms with Crippen molar-refractivity contribution < 1.29 is 5.11 Å². The van der Waals surface area contributed by atoms with Gasteiger partial charge in [-0.15, -0.1) is 0 Å². The first-order valence-electron chi connectivity index (χ1n) is 4.55. The second-order valence-corrected chi connectivity index (χ2v) is 4.00. The molecule has 0 bridgehead atoms. The third kappa shape index (κ3) is 1.57. The number of hydrogen-bond acceptors (Lipinski definition) is 2. The molecule has 0 saturated heterocycles. The minimum atomic E-state index is -0.585.